The number of nitrogens with two attached hydrogens (primary N) is 1. The number of rotatable bonds is 4. The average molecular weight is 279 g/mol. The van der Waals surface area contributed by atoms with Crippen molar-refractivity contribution in [1.82, 2.24) is 4.31 Å². The maximum absolute atomic E-state index is 12.4. The Kier molecular flexibility index (Phi) is 4.20. The Labute approximate surface area is 113 Å². The number of hydrogen-bond acceptors (Lipinski definition) is 4. The van der Waals surface area contributed by atoms with E-state index in [0.29, 0.717) is 24.2 Å². The Morgan fingerprint density at radius 1 is 1.42 bits per heavy atom. The molecule has 0 amide bonds. The third kappa shape index (κ3) is 2.95. The molecule has 19 heavy (non-hydrogen) atoms. The summed E-state index contributed by atoms with van der Waals surface area (Å²) in [5, 5.41) is 9.00. The molecule has 1 aliphatic rings. The highest BCUT2D eigenvalue weighted by molar-refractivity contribution is 7.88. The van der Waals surface area contributed by atoms with E-state index in [1.807, 2.05) is 6.07 Å². The minimum Gasteiger partial charge on any atom is -0.329 e. The van der Waals surface area contributed by atoms with Gasteiger partial charge in [0.25, 0.3) is 0 Å². The van der Waals surface area contributed by atoms with Gasteiger partial charge in [-0.25, -0.2) is 8.42 Å². The zero-order valence-corrected chi connectivity index (χ0v) is 11.4. The van der Waals surface area contributed by atoms with Crippen LogP contribution in [0.3, 0.4) is 0 Å². The summed E-state index contributed by atoms with van der Waals surface area (Å²) >= 11 is 0. The van der Waals surface area contributed by atoms with Crippen molar-refractivity contribution in [2.24, 2.45) is 5.73 Å². The molecule has 1 saturated heterocycles. The number of nitrogens with zero attached hydrogens (tertiary/aromatic N) is 2. The summed E-state index contributed by atoms with van der Waals surface area (Å²) in [7, 11) is -3.40. The van der Waals surface area contributed by atoms with Crippen molar-refractivity contribution in [3.63, 3.8) is 0 Å². The molecule has 1 unspecified atom stereocenters. The van der Waals surface area contributed by atoms with E-state index in [-0.39, 0.29) is 11.8 Å². The Balaban J connectivity index is 2.24. The van der Waals surface area contributed by atoms with Crippen molar-refractivity contribution in [3.05, 3.63) is 35.4 Å². The summed E-state index contributed by atoms with van der Waals surface area (Å²) in [6.07, 6.45) is 1.66. The minimum atomic E-state index is -3.40. The Bertz CT molecular complexity index is 592. The van der Waals surface area contributed by atoms with Crippen LogP contribution >= 0.6 is 0 Å². The molecule has 0 bridgehead atoms. The van der Waals surface area contributed by atoms with Crippen molar-refractivity contribution in [1.29, 1.82) is 5.26 Å². The van der Waals surface area contributed by atoms with Gasteiger partial charge in [0.1, 0.15) is 0 Å². The third-order valence-corrected chi connectivity index (χ3v) is 5.30. The summed E-state index contributed by atoms with van der Waals surface area (Å²) in [4.78, 5) is 0. The molecule has 0 aromatic heterocycles. The van der Waals surface area contributed by atoms with Gasteiger partial charge in [-0.3, -0.25) is 0 Å². The summed E-state index contributed by atoms with van der Waals surface area (Å²) in [6.45, 7) is 0.873. The highest BCUT2D eigenvalue weighted by Gasteiger charge is 2.33. The molecule has 1 aliphatic heterocycles. The summed E-state index contributed by atoms with van der Waals surface area (Å²) < 4.78 is 26.3. The van der Waals surface area contributed by atoms with E-state index in [9.17, 15) is 8.42 Å². The standard InChI is InChI=1S/C13H17N3O2S/c14-8-11-4-1-2-5-12(11)10-19(17,18)16-7-3-6-13(16)9-15/h1-2,4-5,13H,3,6-7,9-10,15H2. The quantitative estimate of drug-likeness (QED) is 0.883. The predicted molar refractivity (Wildman–Crippen MR) is 72.6 cm³/mol. The van der Waals surface area contributed by atoms with Crippen molar-refractivity contribution < 1.29 is 8.42 Å². The van der Waals surface area contributed by atoms with Crippen LogP contribution in [0.5, 0.6) is 0 Å². The first-order valence-corrected chi connectivity index (χ1v) is 7.87. The van der Waals surface area contributed by atoms with Crippen molar-refractivity contribution >= 4 is 10.0 Å². The van der Waals surface area contributed by atoms with E-state index < -0.39 is 10.0 Å². The van der Waals surface area contributed by atoms with Gasteiger partial charge in [0.15, 0.2) is 0 Å². The highest BCUT2D eigenvalue weighted by Crippen LogP contribution is 2.23. The Morgan fingerprint density at radius 3 is 2.84 bits per heavy atom. The van der Waals surface area contributed by atoms with E-state index in [1.165, 1.54) is 4.31 Å². The molecule has 2 rings (SSSR count). The molecule has 0 aliphatic carbocycles. The van der Waals surface area contributed by atoms with E-state index >= 15 is 0 Å². The van der Waals surface area contributed by atoms with Gasteiger partial charge >= 0.3 is 0 Å². The first-order valence-electron chi connectivity index (χ1n) is 6.26. The van der Waals surface area contributed by atoms with Crippen LogP contribution in [0.15, 0.2) is 24.3 Å². The molecule has 2 N–H and O–H groups in total. The molecule has 1 heterocycles. The first kappa shape index (κ1) is 14.0. The molecule has 6 heteroatoms. The maximum atomic E-state index is 12.4. The zero-order chi connectivity index (χ0) is 13.9. The summed E-state index contributed by atoms with van der Waals surface area (Å²) in [5.41, 5.74) is 6.57. The molecule has 1 atom stereocenters. The van der Waals surface area contributed by atoms with E-state index in [1.54, 1.807) is 24.3 Å². The van der Waals surface area contributed by atoms with Crippen LogP contribution in [0.2, 0.25) is 0 Å². The lowest BCUT2D eigenvalue weighted by molar-refractivity contribution is 0.392. The molecule has 1 aromatic rings. The van der Waals surface area contributed by atoms with Gasteiger partial charge < -0.3 is 5.73 Å². The molecule has 5 nitrogen and oxygen atoms in total. The molecule has 1 aromatic carbocycles. The van der Waals surface area contributed by atoms with Crippen molar-refractivity contribution in [2.45, 2.75) is 24.6 Å². The van der Waals surface area contributed by atoms with Gasteiger partial charge in [0.05, 0.1) is 17.4 Å². The van der Waals surface area contributed by atoms with Gasteiger partial charge in [-0.1, -0.05) is 18.2 Å². The van der Waals surface area contributed by atoms with E-state index in [4.69, 9.17) is 11.0 Å². The summed E-state index contributed by atoms with van der Waals surface area (Å²) in [5.74, 6) is -0.132. The normalized spacial score (nSPS) is 20.3. The second-order valence-corrected chi connectivity index (χ2v) is 6.59. The third-order valence-electron chi connectivity index (χ3n) is 3.43. The van der Waals surface area contributed by atoms with Crippen LogP contribution in [0, 0.1) is 11.3 Å². The van der Waals surface area contributed by atoms with Crippen molar-refractivity contribution in [2.75, 3.05) is 13.1 Å². The lowest BCUT2D eigenvalue weighted by Gasteiger charge is -2.23. The van der Waals surface area contributed by atoms with Gasteiger partial charge in [-0.05, 0) is 24.5 Å². The molecule has 0 spiro atoms. The largest absolute Gasteiger partial charge is 0.329 e. The topological polar surface area (TPSA) is 87.2 Å². The molecule has 1 fully saturated rings. The number of benzene rings is 1. The van der Waals surface area contributed by atoms with Crippen LogP contribution in [0.25, 0.3) is 0 Å². The van der Waals surface area contributed by atoms with Crippen LogP contribution in [0.4, 0.5) is 0 Å². The Morgan fingerprint density at radius 2 is 2.16 bits per heavy atom. The van der Waals surface area contributed by atoms with Gasteiger partial charge in [-0.2, -0.15) is 9.57 Å². The monoisotopic (exact) mass is 279 g/mol. The minimum absolute atomic E-state index is 0.0979. The van der Waals surface area contributed by atoms with Crippen LogP contribution in [0.1, 0.15) is 24.0 Å². The van der Waals surface area contributed by atoms with Gasteiger partial charge in [0, 0.05) is 19.1 Å². The fraction of sp³-hybridized carbons (Fsp3) is 0.462. The second kappa shape index (κ2) is 5.70. The first-order chi connectivity index (χ1) is 9.08. The highest BCUT2D eigenvalue weighted by atomic mass is 32.2. The van der Waals surface area contributed by atoms with Gasteiger partial charge in [-0.15, -0.1) is 0 Å². The molecule has 102 valence electrons. The molecular formula is C13H17N3O2S. The smallest absolute Gasteiger partial charge is 0.218 e. The lowest BCUT2D eigenvalue weighted by atomic mass is 10.1. The van der Waals surface area contributed by atoms with Crippen LogP contribution < -0.4 is 5.73 Å². The zero-order valence-electron chi connectivity index (χ0n) is 10.6. The lowest BCUT2D eigenvalue weighted by Crippen LogP contribution is -2.40. The summed E-state index contributed by atoms with van der Waals surface area (Å²) in [6, 6.07) is 8.72. The molecular weight excluding hydrogens is 262 g/mol. The van der Waals surface area contributed by atoms with Crippen molar-refractivity contribution in [3.8, 4) is 6.07 Å². The number of sulfonamides is 1. The van der Waals surface area contributed by atoms with Crippen LogP contribution in [-0.2, 0) is 15.8 Å². The number of nitriles is 1. The van der Waals surface area contributed by atoms with Crippen LogP contribution in [-0.4, -0.2) is 31.9 Å². The fourth-order valence-corrected chi connectivity index (χ4v) is 4.31. The average Bonchev–Trinajstić information content (AvgIpc) is 2.88. The molecule has 0 saturated carbocycles. The van der Waals surface area contributed by atoms with E-state index in [2.05, 4.69) is 0 Å². The van der Waals surface area contributed by atoms with E-state index in [0.717, 1.165) is 12.8 Å². The maximum Gasteiger partial charge on any atom is 0.218 e. The SMILES string of the molecule is N#Cc1ccccc1CS(=O)(=O)N1CCCC1CN. The fourth-order valence-electron chi connectivity index (χ4n) is 2.45. The second-order valence-electron chi connectivity index (χ2n) is 4.67. The van der Waals surface area contributed by atoms with Gasteiger partial charge in [0.2, 0.25) is 10.0 Å². The Hall–Kier alpha value is -1.42. The predicted octanol–water partition coefficient (Wildman–Crippen LogP) is 0.811. The number of hydrogen-bond donors (Lipinski definition) is 1. The molecule has 0 radical (unpaired) electrons.